The van der Waals surface area contributed by atoms with Crippen molar-refractivity contribution in [2.24, 2.45) is 0 Å². The first kappa shape index (κ1) is 14.0. The van der Waals surface area contributed by atoms with E-state index >= 15 is 0 Å². The van der Waals surface area contributed by atoms with Crippen LogP contribution in [-0.4, -0.2) is 32.9 Å². The number of rotatable bonds is 6. The van der Waals surface area contributed by atoms with Gasteiger partial charge in [-0.15, -0.1) is 0 Å². The van der Waals surface area contributed by atoms with E-state index in [1.807, 2.05) is 18.2 Å². The number of benzene rings is 1. The third-order valence-corrected chi connectivity index (χ3v) is 3.40. The van der Waals surface area contributed by atoms with Gasteiger partial charge in [0.25, 0.3) is 0 Å². The Morgan fingerprint density at radius 2 is 2.32 bits per heavy atom. The van der Waals surface area contributed by atoms with Crippen molar-refractivity contribution in [1.29, 1.82) is 0 Å². The number of hydrogen-bond acceptors (Lipinski definition) is 4. The highest BCUT2D eigenvalue weighted by Crippen LogP contribution is 2.28. The third kappa shape index (κ3) is 3.77. The van der Waals surface area contributed by atoms with Gasteiger partial charge in [-0.2, -0.15) is 0 Å². The van der Waals surface area contributed by atoms with Gasteiger partial charge in [0.2, 0.25) is 0 Å². The van der Waals surface area contributed by atoms with Gasteiger partial charge in [-0.25, -0.2) is 0 Å². The summed E-state index contributed by atoms with van der Waals surface area (Å²) in [6.07, 6.45) is 3.65. The second kappa shape index (κ2) is 6.66. The smallest absolute Gasteiger partial charge is 0.144 e. The number of likely N-dealkylation sites (N-methyl/N-ethyl adjacent to an activating group) is 1. The summed E-state index contributed by atoms with van der Waals surface area (Å²) in [4.78, 5) is 2.20. The quantitative estimate of drug-likeness (QED) is 0.802. The fourth-order valence-electron chi connectivity index (χ4n) is 2.30. The van der Waals surface area contributed by atoms with Crippen molar-refractivity contribution in [2.45, 2.75) is 32.3 Å². The lowest BCUT2D eigenvalue weighted by Crippen LogP contribution is -2.28. The molecule has 0 spiro atoms. The summed E-state index contributed by atoms with van der Waals surface area (Å²) in [7, 11) is 2.08. The average Bonchev–Trinajstić information content (AvgIpc) is 2.90. The van der Waals surface area contributed by atoms with Crippen LogP contribution >= 0.6 is 0 Å². The summed E-state index contributed by atoms with van der Waals surface area (Å²) in [5, 5.41) is 0. The summed E-state index contributed by atoms with van der Waals surface area (Å²) >= 11 is 0. The zero-order valence-electron chi connectivity index (χ0n) is 11.9. The van der Waals surface area contributed by atoms with Crippen LogP contribution in [0.1, 0.15) is 26.2 Å². The van der Waals surface area contributed by atoms with Crippen LogP contribution in [0.15, 0.2) is 18.2 Å². The van der Waals surface area contributed by atoms with Crippen LogP contribution in [0.3, 0.4) is 0 Å². The molecule has 1 heterocycles. The summed E-state index contributed by atoms with van der Waals surface area (Å²) in [5.41, 5.74) is 7.74. The van der Waals surface area contributed by atoms with E-state index in [2.05, 4.69) is 18.9 Å². The summed E-state index contributed by atoms with van der Waals surface area (Å²) in [6, 6.07) is 5.95. The minimum absolute atomic E-state index is 0.350. The van der Waals surface area contributed by atoms with Crippen molar-refractivity contribution in [2.75, 3.05) is 37.4 Å². The molecule has 19 heavy (non-hydrogen) atoms. The monoisotopic (exact) mass is 264 g/mol. The molecule has 1 aliphatic heterocycles. The second-order valence-electron chi connectivity index (χ2n) is 5.09. The fourth-order valence-corrected chi connectivity index (χ4v) is 2.30. The molecule has 106 valence electrons. The molecule has 1 aliphatic rings. The lowest BCUT2D eigenvalue weighted by Gasteiger charge is -2.23. The molecular weight excluding hydrogens is 240 g/mol. The van der Waals surface area contributed by atoms with Gasteiger partial charge in [-0.1, -0.05) is 6.92 Å². The molecule has 0 radical (unpaired) electrons. The van der Waals surface area contributed by atoms with Gasteiger partial charge in [0.05, 0.1) is 18.4 Å². The molecule has 0 aromatic heterocycles. The van der Waals surface area contributed by atoms with Gasteiger partial charge in [-0.3, -0.25) is 0 Å². The van der Waals surface area contributed by atoms with Crippen LogP contribution in [0.5, 0.6) is 5.75 Å². The van der Waals surface area contributed by atoms with Crippen molar-refractivity contribution < 1.29 is 9.47 Å². The van der Waals surface area contributed by atoms with E-state index in [4.69, 9.17) is 15.2 Å². The Hall–Kier alpha value is -1.42. The van der Waals surface area contributed by atoms with E-state index in [1.165, 1.54) is 6.42 Å². The summed E-state index contributed by atoms with van der Waals surface area (Å²) < 4.78 is 11.3. The largest absolute Gasteiger partial charge is 0.491 e. The van der Waals surface area contributed by atoms with Crippen molar-refractivity contribution in [1.82, 2.24) is 0 Å². The van der Waals surface area contributed by atoms with Crippen molar-refractivity contribution in [3.8, 4) is 5.75 Å². The van der Waals surface area contributed by atoms with Crippen LogP contribution in [0.4, 0.5) is 11.4 Å². The van der Waals surface area contributed by atoms with E-state index in [1.54, 1.807) is 0 Å². The first-order valence-electron chi connectivity index (χ1n) is 7.05. The van der Waals surface area contributed by atoms with E-state index in [9.17, 15) is 0 Å². The molecule has 1 fully saturated rings. The Bertz CT molecular complexity index is 403. The van der Waals surface area contributed by atoms with Crippen LogP contribution in [0.2, 0.25) is 0 Å². The van der Waals surface area contributed by atoms with E-state index in [0.29, 0.717) is 18.4 Å². The number of anilines is 2. The van der Waals surface area contributed by atoms with Gasteiger partial charge >= 0.3 is 0 Å². The Morgan fingerprint density at radius 1 is 1.47 bits per heavy atom. The SMILES string of the molecule is CCCOc1cc(N(C)CC2CCCO2)ccc1N. The number of ether oxygens (including phenoxy) is 2. The molecule has 0 bridgehead atoms. The Labute approximate surface area is 115 Å². The standard InChI is InChI=1S/C15H24N2O2/c1-3-8-19-15-10-12(6-7-14(15)16)17(2)11-13-5-4-9-18-13/h6-7,10,13H,3-5,8-9,11,16H2,1-2H3. The van der Waals surface area contributed by atoms with Gasteiger partial charge in [-0.05, 0) is 31.4 Å². The molecule has 1 saturated heterocycles. The first-order valence-corrected chi connectivity index (χ1v) is 7.05. The lowest BCUT2D eigenvalue weighted by atomic mass is 10.2. The Balaban J connectivity index is 2.01. The van der Waals surface area contributed by atoms with Gasteiger partial charge in [0.15, 0.2) is 0 Å². The third-order valence-electron chi connectivity index (χ3n) is 3.40. The van der Waals surface area contributed by atoms with Crippen LogP contribution in [0, 0.1) is 0 Å². The Kier molecular flexibility index (Phi) is 4.91. The number of nitrogens with zero attached hydrogens (tertiary/aromatic N) is 1. The molecule has 0 aliphatic carbocycles. The van der Waals surface area contributed by atoms with Crippen LogP contribution < -0.4 is 15.4 Å². The van der Waals surface area contributed by atoms with Crippen LogP contribution in [-0.2, 0) is 4.74 Å². The number of hydrogen-bond donors (Lipinski definition) is 1. The molecule has 1 unspecified atom stereocenters. The zero-order chi connectivity index (χ0) is 13.7. The molecule has 1 atom stereocenters. The molecule has 4 nitrogen and oxygen atoms in total. The lowest BCUT2D eigenvalue weighted by molar-refractivity contribution is 0.116. The van der Waals surface area contributed by atoms with Crippen molar-refractivity contribution >= 4 is 11.4 Å². The Morgan fingerprint density at radius 3 is 3.00 bits per heavy atom. The van der Waals surface area contributed by atoms with Gasteiger partial charge < -0.3 is 20.1 Å². The van der Waals surface area contributed by atoms with Crippen molar-refractivity contribution in [3.05, 3.63) is 18.2 Å². The van der Waals surface area contributed by atoms with Crippen molar-refractivity contribution in [3.63, 3.8) is 0 Å². The van der Waals surface area contributed by atoms with E-state index < -0.39 is 0 Å². The summed E-state index contributed by atoms with van der Waals surface area (Å²) in [5.74, 6) is 0.776. The average molecular weight is 264 g/mol. The number of nitrogens with two attached hydrogens (primary N) is 1. The van der Waals surface area contributed by atoms with Crippen LogP contribution in [0.25, 0.3) is 0 Å². The maximum absolute atomic E-state index is 5.93. The molecule has 0 amide bonds. The second-order valence-corrected chi connectivity index (χ2v) is 5.09. The highest BCUT2D eigenvalue weighted by atomic mass is 16.5. The maximum atomic E-state index is 5.93. The molecule has 1 aromatic carbocycles. The first-order chi connectivity index (χ1) is 9.20. The predicted molar refractivity (Wildman–Crippen MR) is 78.9 cm³/mol. The van der Waals surface area contributed by atoms with Gasteiger partial charge in [0.1, 0.15) is 5.75 Å². The highest BCUT2D eigenvalue weighted by molar-refractivity contribution is 5.62. The molecule has 0 saturated carbocycles. The molecule has 2 rings (SSSR count). The highest BCUT2D eigenvalue weighted by Gasteiger charge is 2.18. The fraction of sp³-hybridized carbons (Fsp3) is 0.600. The topological polar surface area (TPSA) is 47.7 Å². The molecular formula is C15H24N2O2. The molecule has 2 N–H and O–H groups in total. The molecule has 4 heteroatoms. The maximum Gasteiger partial charge on any atom is 0.144 e. The summed E-state index contributed by atoms with van der Waals surface area (Å²) in [6.45, 7) is 4.59. The number of nitrogen functional groups attached to an aromatic ring is 1. The normalized spacial score (nSPS) is 18.5. The minimum atomic E-state index is 0.350. The minimum Gasteiger partial charge on any atom is -0.491 e. The zero-order valence-corrected chi connectivity index (χ0v) is 11.9. The van der Waals surface area contributed by atoms with Gasteiger partial charge in [0, 0.05) is 32.0 Å². The van der Waals surface area contributed by atoms with E-state index in [0.717, 1.165) is 37.4 Å². The van der Waals surface area contributed by atoms with E-state index in [-0.39, 0.29) is 0 Å². The predicted octanol–water partition coefficient (Wildman–Crippen LogP) is 2.67. The molecule has 1 aromatic rings.